The van der Waals surface area contributed by atoms with Gasteiger partial charge in [0.15, 0.2) is 6.61 Å². The number of nitrogens with zero attached hydrogens (tertiary/aromatic N) is 2. The molecular weight excluding hydrogens is 258 g/mol. The highest BCUT2D eigenvalue weighted by atomic mass is 32.1. The predicted molar refractivity (Wildman–Crippen MR) is 77.1 cm³/mol. The Kier molecular flexibility index (Phi) is 4.37. The van der Waals surface area contributed by atoms with Crippen LogP contribution in [0, 0.1) is 11.3 Å². The second-order valence-electron chi connectivity index (χ2n) is 4.08. The molecule has 1 aromatic carbocycles. The quantitative estimate of drug-likeness (QED) is 0.849. The van der Waals surface area contributed by atoms with Crippen molar-refractivity contribution in [2.45, 2.75) is 19.8 Å². The van der Waals surface area contributed by atoms with Gasteiger partial charge in [-0.15, -0.1) is 11.3 Å². The van der Waals surface area contributed by atoms with Crippen LogP contribution in [-0.4, -0.2) is 11.6 Å². The maximum atomic E-state index is 8.48. The standard InChI is InChI=1S/C14H15N3OS/c1-2-3-14-17-12(9-19-14)10-4-5-13(11(16)8-10)18-7-6-15/h4-5,8-9H,2-3,7,16H2,1H3. The number of thiazole rings is 1. The lowest BCUT2D eigenvalue weighted by atomic mass is 10.1. The molecule has 0 amide bonds. The number of nitriles is 1. The van der Waals surface area contributed by atoms with Crippen LogP contribution in [0.4, 0.5) is 5.69 Å². The molecule has 0 aliphatic carbocycles. The first-order valence-corrected chi connectivity index (χ1v) is 6.96. The fraction of sp³-hybridized carbons (Fsp3) is 0.286. The van der Waals surface area contributed by atoms with Gasteiger partial charge in [-0.3, -0.25) is 0 Å². The molecule has 19 heavy (non-hydrogen) atoms. The highest BCUT2D eigenvalue weighted by Gasteiger charge is 2.07. The van der Waals surface area contributed by atoms with Crippen LogP contribution in [0.1, 0.15) is 18.4 Å². The zero-order chi connectivity index (χ0) is 13.7. The van der Waals surface area contributed by atoms with E-state index in [9.17, 15) is 0 Å². The van der Waals surface area contributed by atoms with Crippen molar-refractivity contribution in [3.63, 3.8) is 0 Å². The number of hydrogen-bond donors (Lipinski definition) is 1. The van der Waals surface area contributed by atoms with E-state index in [1.165, 1.54) is 0 Å². The molecule has 0 atom stereocenters. The van der Waals surface area contributed by atoms with Crippen molar-refractivity contribution in [2.75, 3.05) is 12.3 Å². The predicted octanol–water partition coefficient (Wildman–Crippen LogP) is 3.25. The first-order chi connectivity index (χ1) is 9.24. The summed E-state index contributed by atoms with van der Waals surface area (Å²) in [5.74, 6) is 0.536. The monoisotopic (exact) mass is 273 g/mol. The van der Waals surface area contributed by atoms with Crippen LogP contribution in [0.5, 0.6) is 5.75 Å². The number of rotatable bonds is 5. The highest BCUT2D eigenvalue weighted by Crippen LogP contribution is 2.29. The van der Waals surface area contributed by atoms with Gasteiger partial charge in [-0.25, -0.2) is 4.98 Å². The molecule has 2 N–H and O–H groups in total. The van der Waals surface area contributed by atoms with E-state index in [-0.39, 0.29) is 6.61 Å². The molecule has 0 spiro atoms. The lowest BCUT2D eigenvalue weighted by molar-refractivity contribution is 0.370. The van der Waals surface area contributed by atoms with Crippen LogP contribution in [0.2, 0.25) is 0 Å². The average molecular weight is 273 g/mol. The molecule has 1 aromatic heterocycles. The summed E-state index contributed by atoms with van der Waals surface area (Å²) in [5, 5.41) is 11.7. The zero-order valence-corrected chi connectivity index (χ0v) is 11.5. The van der Waals surface area contributed by atoms with Crippen molar-refractivity contribution < 1.29 is 4.74 Å². The van der Waals surface area contributed by atoms with Gasteiger partial charge in [0.2, 0.25) is 0 Å². The second kappa shape index (κ2) is 6.21. The van der Waals surface area contributed by atoms with E-state index in [4.69, 9.17) is 15.7 Å². The SMILES string of the molecule is CCCc1nc(-c2ccc(OCC#N)c(N)c2)cs1. The summed E-state index contributed by atoms with van der Waals surface area (Å²) < 4.78 is 5.22. The van der Waals surface area contributed by atoms with Crippen molar-refractivity contribution in [3.8, 4) is 23.1 Å². The molecule has 1 heterocycles. The smallest absolute Gasteiger partial charge is 0.174 e. The van der Waals surface area contributed by atoms with Gasteiger partial charge >= 0.3 is 0 Å². The maximum Gasteiger partial charge on any atom is 0.174 e. The molecule has 0 aliphatic rings. The number of aryl methyl sites for hydroxylation is 1. The van der Waals surface area contributed by atoms with Crippen LogP contribution < -0.4 is 10.5 Å². The number of nitrogen functional groups attached to an aromatic ring is 1. The molecule has 98 valence electrons. The van der Waals surface area contributed by atoms with Gasteiger partial charge in [-0.2, -0.15) is 5.26 Å². The van der Waals surface area contributed by atoms with Crippen LogP contribution in [0.3, 0.4) is 0 Å². The molecule has 0 aliphatic heterocycles. The van der Waals surface area contributed by atoms with E-state index in [1.807, 2.05) is 23.6 Å². The fourth-order valence-electron chi connectivity index (χ4n) is 1.72. The van der Waals surface area contributed by atoms with Gasteiger partial charge < -0.3 is 10.5 Å². The Morgan fingerprint density at radius 2 is 2.32 bits per heavy atom. The molecule has 0 fully saturated rings. The van der Waals surface area contributed by atoms with Crippen LogP contribution in [0.25, 0.3) is 11.3 Å². The fourth-order valence-corrected chi connectivity index (χ4v) is 2.63. The Bertz CT molecular complexity index is 601. The molecule has 0 unspecified atom stereocenters. The van der Waals surface area contributed by atoms with Crippen LogP contribution >= 0.6 is 11.3 Å². The molecule has 0 saturated carbocycles. The number of hydrogen-bond acceptors (Lipinski definition) is 5. The Morgan fingerprint density at radius 1 is 1.47 bits per heavy atom. The van der Waals surface area contributed by atoms with E-state index in [1.54, 1.807) is 17.4 Å². The van der Waals surface area contributed by atoms with Crippen molar-refractivity contribution in [1.82, 2.24) is 4.98 Å². The molecule has 4 nitrogen and oxygen atoms in total. The van der Waals surface area contributed by atoms with Crippen LogP contribution in [-0.2, 0) is 6.42 Å². The van der Waals surface area contributed by atoms with Crippen molar-refractivity contribution in [1.29, 1.82) is 5.26 Å². The summed E-state index contributed by atoms with van der Waals surface area (Å²) in [5.41, 5.74) is 8.34. The van der Waals surface area contributed by atoms with Crippen LogP contribution in [0.15, 0.2) is 23.6 Å². The van der Waals surface area contributed by atoms with Crippen molar-refractivity contribution in [2.24, 2.45) is 0 Å². The third kappa shape index (κ3) is 3.24. The maximum absolute atomic E-state index is 8.48. The van der Waals surface area contributed by atoms with E-state index in [0.717, 1.165) is 29.1 Å². The molecule has 0 radical (unpaired) electrons. The van der Waals surface area contributed by atoms with E-state index in [0.29, 0.717) is 11.4 Å². The molecular formula is C14H15N3OS. The van der Waals surface area contributed by atoms with Crippen molar-refractivity contribution >= 4 is 17.0 Å². The molecule has 2 rings (SSSR count). The zero-order valence-electron chi connectivity index (χ0n) is 10.7. The number of nitrogens with two attached hydrogens (primary N) is 1. The molecule has 0 bridgehead atoms. The third-order valence-corrected chi connectivity index (χ3v) is 3.52. The van der Waals surface area contributed by atoms with Gasteiger partial charge in [0.25, 0.3) is 0 Å². The number of aromatic nitrogens is 1. The lowest BCUT2D eigenvalue weighted by Gasteiger charge is -2.06. The Hall–Kier alpha value is -2.06. The summed E-state index contributed by atoms with van der Waals surface area (Å²) in [6.07, 6.45) is 2.10. The number of benzene rings is 1. The molecule has 0 saturated heterocycles. The van der Waals surface area contributed by atoms with Gasteiger partial charge in [0, 0.05) is 10.9 Å². The summed E-state index contributed by atoms with van der Waals surface area (Å²) in [4.78, 5) is 4.57. The van der Waals surface area contributed by atoms with Gasteiger partial charge in [0.1, 0.15) is 11.8 Å². The Balaban J connectivity index is 2.21. The molecule has 2 aromatic rings. The van der Waals surface area contributed by atoms with Gasteiger partial charge in [-0.1, -0.05) is 6.92 Å². The molecule has 5 heteroatoms. The minimum atomic E-state index is 0.000889. The number of ether oxygens (including phenoxy) is 1. The first-order valence-electron chi connectivity index (χ1n) is 6.08. The van der Waals surface area contributed by atoms with Gasteiger partial charge in [-0.05, 0) is 31.0 Å². The van der Waals surface area contributed by atoms with Gasteiger partial charge in [0.05, 0.1) is 16.4 Å². The topological polar surface area (TPSA) is 71.9 Å². The summed E-state index contributed by atoms with van der Waals surface area (Å²) >= 11 is 1.67. The normalized spacial score (nSPS) is 10.1. The van der Waals surface area contributed by atoms with Crippen molar-refractivity contribution in [3.05, 3.63) is 28.6 Å². The second-order valence-corrected chi connectivity index (χ2v) is 5.02. The number of anilines is 1. The Labute approximate surface area is 116 Å². The lowest BCUT2D eigenvalue weighted by Crippen LogP contribution is -1.98. The summed E-state index contributed by atoms with van der Waals surface area (Å²) in [7, 11) is 0. The summed E-state index contributed by atoms with van der Waals surface area (Å²) in [6, 6.07) is 7.44. The minimum Gasteiger partial charge on any atom is -0.477 e. The average Bonchev–Trinajstić information content (AvgIpc) is 2.86. The minimum absolute atomic E-state index is 0.000889. The van der Waals surface area contributed by atoms with E-state index < -0.39 is 0 Å². The van der Waals surface area contributed by atoms with E-state index in [2.05, 4.69) is 11.9 Å². The Morgan fingerprint density at radius 3 is 3.00 bits per heavy atom. The largest absolute Gasteiger partial charge is 0.477 e. The summed E-state index contributed by atoms with van der Waals surface area (Å²) in [6.45, 7) is 2.14. The third-order valence-electron chi connectivity index (χ3n) is 2.61. The first kappa shape index (κ1) is 13.4. The van der Waals surface area contributed by atoms with E-state index >= 15 is 0 Å². The highest BCUT2D eigenvalue weighted by molar-refractivity contribution is 7.09.